The second-order valence-corrected chi connectivity index (χ2v) is 7.47. The standard InChI is InChI=1S/C21H28N2/c1-15(2)13-23(14-16(3)4)22-21-11-7-10-19-18-9-6-5-8-17(18)12-20(19)21/h5-11,15-16,22H,12-14H2,1-4H3. The molecule has 0 unspecified atom stereocenters. The SMILES string of the molecule is CC(C)CN(CC(C)C)Nc1cccc2c1Cc1ccccc1-2. The molecule has 23 heavy (non-hydrogen) atoms. The summed E-state index contributed by atoms with van der Waals surface area (Å²) in [5.74, 6) is 1.30. The van der Waals surface area contributed by atoms with Gasteiger partial charge in [0.1, 0.15) is 0 Å². The maximum atomic E-state index is 3.71. The molecule has 1 aliphatic carbocycles. The maximum Gasteiger partial charge on any atom is 0.0531 e. The van der Waals surface area contributed by atoms with Crippen LogP contribution in [0.3, 0.4) is 0 Å². The Bertz CT molecular complexity index is 663. The van der Waals surface area contributed by atoms with Gasteiger partial charge in [-0.25, -0.2) is 5.01 Å². The van der Waals surface area contributed by atoms with Gasteiger partial charge in [0.25, 0.3) is 0 Å². The second kappa shape index (κ2) is 6.76. The van der Waals surface area contributed by atoms with Crippen LogP contribution in [0.25, 0.3) is 11.1 Å². The van der Waals surface area contributed by atoms with Crippen molar-refractivity contribution in [2.24, 2.45) is 11.8 Å². The highest BCUT2D eigenvalue weighted by atomic mass is 15.5. The van der Waals surface area contributed by atoms with E-state index in [0.29, 0.717) is 11.8 Å². The fourth-order valence-electron chi connectivity index (χ4n) is 3.48. The predicted molar refractivity (Wildman–Crippen MR) is 99.6 cm³/mol. The van der Waals surface area contributed by atoms with Gasteiger partial charge in [0.05, 0.1) is 5.69 Å². The lowest BCUT2D eigenvalue weighted by Gasteiger charge is -2.28. The summed E-state index contributed by atoms with van der Waals surface area (Å²) in [7, 11) is 0. The molecule has 0 bridgehead atoms. The van der Waals surface area contributed by atoms with Crippen LogP contribution in [0.4, 0.5) is 5.69 Å². The number of hydrazine groups is 1. The molecule has 0 heterocycles. The Hall–Kier alpha value is -1.80. The van der Waals surface area contributed by atoms with E-state index in [0.717, 1.165) is 19.5 Å². The van der Waals surface area contributed by atoms with Crippen molar-refractivity contribution in [1.82, 2.24) is 5.01 Å². The highest BCUT2D eigenvalue weighted by molar-refractivity contribution is 5.81. The Morgan fingerprint density at radius 2 is 1.52 bits per heavy atom. The fraction of sp³-hybridized carbons (Fsp3) is 0.429. The number of hydrogen-bond donors (Lipinski definition) is 1. The minimum atomic E-state index is 0.648. The molecule has 0 aliphatic heterocycles. The van der Waals surface area contributed by atoms with E-state index < -0.39 is 0 Å². The number of anilines is 1. The maximum absolute atomic E-state index is 3.71. The van der Waals surface area contributed by atoms with Gasteiger partial charge in [-0.3, -0.25) is 0 Å². The van der Waals surface area contributed by atoms with Crippen LogP contribution < -0.4 is 5.43 Å². The van der Waals surface area contributed by atoms with Crippen molar-refractivity contribution in [3.63, 3.8) is 0 Å². The lowest BCUT2D eigenvalue weighted by molar-refractivity contribution is 0.262. The third kappa shape index (κ3) is 3.59. The lowest BCUT2D eigenvalue weighted by atomic mass is 10.1. The number of fused-ring (bicyclic) bond motifs is 3. The number of rotatable bonds is 6. The van der Waals surface area contributed by atoms with Gasteiger partial charge in [-0.05, 0) is 40.2 Å². The summed E-state index contributed by atoms with van der Waals surface area (Å²) < 4.78 is 0. The second-order valence-electron chi connectivity index (χ2n) is 7.47. The summed E-state index contributed by atoms with van der Waals surface area (Å²) in [6.07, 6.45) is 1.03. The predicted octanol–water partition coefficient (Wildman–Crippen LogP) is 5.20. The van der Waals surface area contributed by atoms with E-state index in [9.17, 15) is 0 Å². The summed E-state index contributed by atoms with van der Waals surface area (Å²) in [4.78, 5) is 0. The molecule has 2 aromatic rings. The molecular formula is C21H28N2. The molecule has 0 radical (unpaired) electrons. The zero-order valence-corrected chi connectivity index (χ0v) is 14.8. The van der Waals surface area contributed by atoms with E-state index in [-0.39, 0.29) is 0 Å². The molecule has 0 amide bonds. The molecule has 2 nitrogen and oxygen atoms in total. The van der Waals surface area contributed by atoms with Gasteiger partial charge in [0, 0.05) is 19.5 Å². The number of nitrogens with one attached hydrogen (secondary N) is 1. The Balaban J connectivity index is 1.87. The Kier molecular flexibility index (Phi) is 4.72. The smallest absolute Gasteiger partial charge is 0.0531 e. The number of benzene rings is 2. The van der Waals surface area contributed by atoms with E-state index in [1.54, 1.807) is 0 Å². The average Bonchev–Trinajstić information content (AvgIpc) is 2.86. The van der Waals surface area contributed by atoms with Crippen LogP contribution >= 0.6 is 0 Å². The third-order valence-corrected chi connectivity index (χ3v) is 4.30. The summed E-state index contributed by atoms with van der Waals surface area (Å²) >= 11 is 0. The normalized spacial score (nSPS) is 12.8. The van der Waals surface area contributed by atoms with E-state index >= 15 is 0 Å². The quantitative estimate of drug-likeness (QED) is 0.630. The van der Waals surface area contributed by atoms with Crippen LogP contribution in [0, 0.1) is 11.8 Å². The van der Waals surface area contributed by atoms with Crippen molar-refractivity contribution in [3.8, 4) is 11.1 Å². The first-order valence-electron chi connectivity index (χ1n) is 8.76. The van der Waals surface area contributed by atoms with Gasteiger partial charge in [0.2, 0.25) is 0 Å². The average molecular weight is 308 g/mol. The van der Waals surface area contributed by atoms with E-state index in [4.69, 9.17) is 0 Å². The van der Waals surface area contributed by atoms with Crippen molar-refractivity contribution < 1.29 is 0 Å². The van der Waals surface area contributed by atoms with Crippen molar-refractivity contribution in [1.29, 1.82) is 0 Å². The number of nitrogens with zero attached hydrogens (tertiary/aromatic N) is 1. The topological polar surface area (TPSA) is 15.3 Å². The van der Waals surface area contributed by atoms with Crippen molar-refractivity contribution in [2.45, 2.75) is 34.1 Å². The minimum Gasteiger partial charge on any atom is -0.319 e. The van der Waals surface area contributed by atoms with Gasteiger partial charge in [-0.1, -0.05) is 64.1 Å². The van der Waals surface area contributed by atoms with Gasteiger partial charge >= 0.3 is 0 Å². The molecule has 0 saturated heterocycles. The summed E-state index contributed by atoms with van der Waals surface area (Å²) in [6, 6.07) is 15.4. The van der Waals surface area contributed by atoms with Gasteiger partial charge in [-0.2, -0.15) is 0 Å². The van der Waals surface area contributed by atoms with Crippen LogP contribution in [-0.2, 0) is 6.42 Å². The zero-order valence-electron chi connectivity index (χ0n) is 14.8. The Labute approximate surface area is 140 Å². The monoisotopic (exact) mass is 308 g/mol. The first-order chi connectivity index (χ1) is 11.0. The van der Waals surface area contributed by atoms with Crippen molar-refractivity contribution in [3.05, 3.63) is 53.6 Å². The third-order valence-electron chi connectivity index (χ3n) is 4.30. The van der Waals surface area contributed by atoms with E-state index in [1.165, 1.54) is 27.9 Å². The van der Waals surface area contributed by atoms with Gasteiger partial charge < -0.3 is 5.43 Å². The first kappa shape index (κ1) is 16.1. The molecule has 0 atom stereocenters. The largest absolute Gasteiger partial charge is 0.319 e. The fourth-order valence-corrected chi connectivity index (χ4v) is 3.48. The minimum absolute atomic E-state index is 0.648. The highest BCUT2D eigenvalue weighted by Crippen LogP contribution is 2.40. The molecular weight excluding hydrogens is 280 g/mol. The number of hydrogen-bond acceptors (Lipinski definition) is 2. The van der Waals surface area contributed by atoms with Crippen LogP contribution in [0.2, 0.25) is 0 Å². The highest BCUT2D eigenvalue weighted by Gasteiger charge is 2.21. The lowest BCUT2D eigenvalue weighted by Crippen LogP contribution is -2.36. The van der Waals surface area contributed by atoms with Gasteiger partial charge in [0.15, 0.2) is 0 Å². The molecule has 0 spiro atoms. The van der Waals surface area contributed by atoms with E-state index in [1.807, 2.05) is 0 Å². The molecule has 0 fully saturated rings. The van der Waals surface area contributed by atoms with Crippen molar-refractivity contribution >= 4 is 5.69 Å². The molecule has 1 aliphatic rings. The molecule has 0 aromatic heterocycles. The molecule has 122 valence electrons. The molecule has 2 heteroatoms. The zero-order chi connectivity index (χ0) is 16.4. The molecule has 3 rings (SSSR count). The first-order valence-corrected chi connectivity index (χ1v) is 8.76. The van der Waals surface area contributed by atoms with Crippen LogP contribution in [0.1, 0.15) is 38.8 Å². The summed E-state index contributed by atoms with van der Waals surface area (Å²) in [6.45, 7) is 11.2. The summed E-state index contributed by atoms with van der Waals surface area (Å²) in [5.41, 5.74) is 10.6. The van der Waals surface area contributed by atoms with E-state index in [2.05, 4.69) is 80.6 Å². The van der Waals surface area contributed by atoms with Gasteiger partial charge in [-0.15, -0.1) is 0 Å². The Morgan fingerprint density at radius 3 is 2.22 bits per heavy atom. The van der Waals surface area contributed by atoms with Crippen LogP contribution in [0.15, 0.2) is 42.5 Å². The van der Waals surface area contributed by atoms with Crippen molar-refractivity contribution in [2.75, 3.05) is 18.5 Å². The summed E-state index contributed by atoms with van der Waals surface area (Å²) in [5, 5.41) is 2.38. The molecule has 1 N–H and O–H groups in total. The van der Waals surface area contributed by atoms with Crippen LogP contribution in [0.5, 0.6) is 0 Å². The molecule has 0 saturated carbocycles. The van der Waals surface area contributed by atoms with Crippen LogP contribution in [-0.4, -0.2) is 18.1 Å². The molecule has 2 aromatic carbocycles. The Morgan fingerprint density at radius 1 is 0.870 bits per heavy atom.